The van der Waals surface area contributed by atoms with Crippen molar-refractivity contribution in [1.29, 1.82) is 5.26 Å². The molecular weight excluding hydrogens is 212 g/mol. The fourth-order valence-corrected chi connectivity index (χ4v) is 1.25. The maximum Gasteiger partial charge on any atom is 0.244 e. The first kappa shape index (κ1) is 12.8. The second kappa shape index (κ2) is 5.18. The van der Waals surface area contributed by atoms with E-state index in [0.717, 1.165) is 0 Å². The van der Waals surface area contributed by atoms with E-state index in [4.69, 9.17) is 11.7 Å². The summed E-state index contributed by atoms with van der Waals surface area (Å²) in [5.74, 6) is 2.18. The maximum absolute atomic E-state index is 11.9. The number of carbonyl (C=O) groups excluding carboxylic acids is 1. The lowest BCUT2D eigenvalue weighted by molar-refractivity contribution is -0.122. The third kappa shape index (κ3) is 2.86. The Kier molecular flexibility index (Phi) is 3.91. The topological polar surface area (TPSA) is 52.9 Å². The van der Waals surface area contributed by atoms with Crippen molar-refractivity contribution in [2.24, 2.45) is 5.41 Å². The Morgan fingerprint density at radius 3 is 2.82 bits per heavy atom. The van der Waals surface area contributed by atoms with E-state index in [9.17, 15) is 4.79 Å². The van der Waals surface area contributed by atoms with Crippen LogP contribution < -0.4 is 5.32 Å². The van der Waals surface area contributed by atoms with Crippen LogP contribution in [-0.4, -0.2) is 5.91 Å². The molecule has 0 radical (unpaired) electrons. The first-order valence-corrected chi connectivity index (χ1v) is 5.35. The minimum Gasteiger partial charge on any atom is -0.325 e. The molecule has 86 valence electrons. The minimum atomic E-state index is -1.01. The summed E-state index contributed by atoms with van der Waals surface area (Å²) in [6.07, 6.45) is 5.74. The summed E-state index contributed by atoms with van der Waals surface area (Å²) in [6, 6.07) is 9.01. The van der Waals surface area contributed by atoms with Gasteiger partial charge in [-0.1, -0.05) is 18.9 Å². The van der Waals surface area contributed by atoms with E-state index in [1.54, 1.807) is 38.1 Å². The molecule has 1 N–H and O–H groups in total. The van der Waals surface area contributed by atoms with Crippen LogP contribution in [0.15, 0.2) is 24.3 Å². The van der Waals surface area contributed by atoms with Gasteiger partial charge in [-0.25, -0.2) is 0 Å². The number of anilines is 1. The van der Waals surface area contributed by atoms with Crippen LogP contribution in [0.3, 0.4) is 0 Å². The van der Waals surface area contributed by atoms with Gasteiger partial charge in [-0.15, -0.1) is 6.42 Å². The molecule has 0 heterocycles. The van der Waals surface area contributed by atoms with Gasteiger partial charge in [0.25, 0.3) is 0 Å². The Bertz CT molecular complexity index is 508. The molecule has 1 aromatic carbocycles. The van der Waals surface area contributed by atoms with E-state index in [1.807, 2.05) is 6.07 Å². The average Bonchev–Trinajstić information content (AvgIpc) is 2.37. The first-order chi connectivity index (χ1) is 8.05. The monoisotopic (exact) mass is 226 g/mol. The summed E-state index contributed by atoms with van der Waals surface area (Å²) < 4.78 is 0. The van der Waals surface area contributed by atoms with Crippen molar-refractivity contribution in [2.45, 2.75) is 20.3 Å². The standard InChI is InChI=1S/C14H14N2O/c1-4-11-7-6-8-12(9-11)16-13(17)14(3,5-2)10-15/h1,6-9H,5H2,2-3H3,(H,16,17). The van der Waals surface area contributed by atoms with E-state index in [2.05, 4.69) is 11.2 Å². The summed E-state index contributed by atoms with van der Waals surface area (Å²) in [5.41, 5.74) is 0.296. The lowest BCUT2D eigenvalue weighted by atomic mass is 9.88. The molecule has 1 atom stereocenters. The largest absolute Gasteiger partial charge is 0.325 e. The first-order valence-electron chi connectivity index (χ1n) is 5.35. The minimum absolute atomic E-state index is 0.309. The van der Waals surface area contributed by atoms with Gasteiger partial charge in [0.05, 0.1) is 6.07 Å². The molecule has 0 bridgehead atoms. The Hall–Kier alpha value is -2.26. The maximum atomic E-state index is 11.9. The molecule has 0 spiro atoms. The van der Waals surface area contributed by atoms with Crippen molar-refractivity contribution in [1.82, 2.24) is 0 Å². The van der Waals surface area contributed by atoms with Crippen molar-refractivity contribution >= 4 is 11.6 Å². The Labute approximate surface area is 101 Å². The van der Waals surface area contributed by atoms with E-state index in [1.165, 1.54) is 0 Å². The molecule has 0 fully saturated rings. The second-order valence-corrected chi connectivity index (χ2v) is 3.98. The molecule has 1 rings (SSSR count). The molecule has 1 amide bonds. The Balaban J connectivity index is 2.89. The lowest BCUT2D eigenvalue weighted by Gasteiger charge is -2.18. The third-order valence-electron chi connectivity index (χ3n) is 2.74. The summed E-state index contributed by atoms with van der Waals surface area (Å²) in [5, 5.41) is 11.7. The zero-order valence-electron chi connectivity index (χ0n) is 9.95. The van der Waals surface area contributed by atoms with Crippen LogP contribution in [0.4, 0.5) is 5.69 Å². The number of hydrogen-bond acceptors (Lipinski definition) is 2. The molecule has 0 aliphatic carbocycles. The second-order valence-electron chi connectivity index (χ2n) is 3.98. The van der Waals surface area contributed by atoms with Crippen LogP contribution in [0.25, 0.3) is 0 Å². The zero-order chi connectivity index (χ0) is 12.9. The lowest BCUT2D eigenvalue weighted by Crippen LogP contribution is -2.31. The number of amides is 1. The number of hydrogen-bond donors (Lipinski definition) is 1. The van der Waals surface area contributed by atoms with Gasteiger partial charge in [-0.05, 0) is 31.5 Å². The number of nitrogens with one attached hydrogen (secondary N) is 1. The highest BCUT2D eigenvalue weighted by molar-refractivity contribution is 5.96. The van der Waals surface area contributed by atoms with Crippen LogP contribution in [0.5, 0.6) is 0 Å². The summed E-state index contributed by atoms with van der Waals surface area (Å²) in [4.78, 5) is 11.9. The van der Waals surface area contributed by atoms with Crippen molar-refractivity contribution in [3.8, 4) is 18.4 Å². The predicted octanol–water partition coefficient (Wildman–Crippen LogP) is 2.55. The fraction of sp³-hybridized carbons (Fsp3) is 0.286. The van der Waals surface area contributed by atoms with E-state index in [0.29, 0.717) is 17.7 Å². The predicted molar refractivity (Wildman–Crippen MR) is 67.0 cm³/mol. The van der Waals surface area contributed by atoms with Gasteiger partial charge in [0, 0.05) is 11.3 Å². The molecule has 0 saturated carbocycles. The highest BCUT2D eigenvalue weighted by atomic mass is 16.2. The number of benzene rings is 1. The van der Waals surface area contributed by atoms with Crippen molar-refractivity contribution < 1.29 is 4.79 Å². The zero-order valence-corrected chi connectivity index (χ0v) is 9.95. The molecular formula is C14H14N2O. The van der Waals surface area contributed by atoms with Crippen molar-refractivity contribution in [2.75, 3.05) is 5.32 Å². The summed E-state index contributed by atoms with van der Waals surface area (Å²) in [7, 11) is 0. The fourth-order valence-electron chi connectivity index (χ4n) is 1.25. The molecule has 3 heteroatoms. The van der Waals surface area contributed by atoms with Crippen LogP contribution in [0, 0.1) is 29.1 Å². The van der Waals surface area contributed by atoms with Gasteiger partial charge in [-0.3, -0.25) is 4.79 Å². The molecule has 0 saturated heterocycles. The van der Waals surface area contributed by atoms with Crippen LogP contribution in [0.1, 0.15) is 25.8 Å². The highest BCUT2D eigenvalue weighted by Gasteiger charge is 2.31. The molecule has 1 unspecified atom stereocenters. The van der Waals surface area contributed by atoms with Gasteiger partial charge in [0.15, 0.2) is 0 Å². The normalized spacial score (nSPS) is 12.9. The third-order valence-corrected chi connectivity index (χ3v) is 2.74. The van der Waals surface area contributed by atoms with E-state index >= 15 is 0 Å². The number of terminal acetylenes is 1. The Morgan fingerprint density at radius 2 is 2.29 bits per heavy atom. The smallest absolute Gasteiger partial charge is 0.244 e. The van der Waals surface area contributed by atoms with Gasteiger partial charge in [-0.2, -0.15) is 5.26 Å². The number of carbonyl (C=O) groups is 1. The molecule has 0 aliphatic heterocycles. The molecule has 3 nitrogen and oxygen atoms in total. The molecule has 0 aliphatic rings. The van der Waals surface area contributed by atoms with Gasteiger partial charge in [0.2, 0.25) is 5.91 Å². The number of nitrogens with zero attached hydrogens (tertiary/aromatic N) is 1. The van der Waals surface area contributed by atoms with Gasteiger partial charge < -0.3 is 5.32 Å². The Morgan fingerprint density at radius 1 is 1.59 bits per heavy atom. The van der Waals surface area contributed by atoms with Crippen molar-refractivity contribution in [3.05, 3.63) is 29.8 Å². The van der Waals surface area contributed by atoms with Crippen LogP contribution >= 0.6 is 0 Å². The number of rotatable bonds is 3. The van der Waals surface area contributed by atoms with Gasteiger partial charge in [0.1, 0.15) is 5.41 Å². The number of nitriles is 1. The van der Waals surface area contributed by atoms with Crippen LogP contribution in [0.2, 0.25) is 0 Å². The van der Waals surface area contributed by atoms with Crippen LogP contribution in [-0.2, 0) is 4.79 Å². The highest BCUT2D eigenvalue weighted by Crippen LogP contribution is 2.22. The molecule has 0 aromatic heterocycles. The SMILES string of the molecule is C#Cc1cccc(NC(=O)C(C)(C#N)CC)c1. The molecule has 1 aromatic rings. The summed E-state index contributed by atoms with van der Waals surface area (Å²) >= 11 is 0. The van der Waals surface area contributed by atoms with E-state index in [-0.39, 0.29) is 5.91 Å². The van der Waals surface area contributed by atoms with Crippen molar-refractivity contribution in [3.63, 3.8) is 0 Å². The average molecular weight is 226 g/mol. The van der Waals surface area contributed by atoms with Gasteiger partial charge >= 0.3 is 0 Å². The molecule has 17 heavy (non-hydrogen) atoms. The summed E-state index contributed by atoms with van der Waals surface area (Å²) in [6.45, 7) is 3.42. The van der Waals surface area contributed by atoms with E-state index < -0.39 is 5.41 Å². The quantitative estimate of drug-likeness (QED) is 0.805.